The Balaban J connectivity index is 2.13. The first-order chi connectivity index (χ1) is 9.16. The molecule has 1 aromatic carbocycles. The van der Waals surface area contributed by atoms with Crippen LogP contribution in [0, 0.1) is 0 Å². The van der Waals surface area contributed by atoms with Crippen molar-refractivity contribution in [3.05, 3.63) is 53.9 Å². The van der Waals surface area contributed by atoms with Gasteiger partial charge in [0.15, 0.2) is 0 Å². The average molecular weight is 259 g/mol. The van der Waals surface area contributed by atoms with Crippen LogP contribution in [0.1, 0.15) is 22.2 Å². The van der Waals surface area contributed by atoms with Gasteiger partial charge in [0.25, 0.3) is 0 Å². The highest BCUT2D eigenvalue weighted by molar-refractivity contribution is 5.87. The molecule has 0 unspecified atom stereocenters. The summed E-state index contributed by atoms with van der Waals surface area (Å²) in [6.07, 6.45) is 1.23. The van der Waals surface area contributed by atoms with Crippen molar-refractivity contribution >= 4 is 5.97 Å². The number of H-pyrrole nitrogens is 1. The zero-order valence-electron chi connectivity index (χ0n) is 11.0. The van der Waals surface area contributed by atoms with E-state index in [0.29, 0.717) is 12.2 Å². The van der Waals surface area contributed by atoms with Gasteiger partial charge in [0.05, 0.1) is 0 Å². The van der Waals surface area contributed by atoms with Crippen molar-refractivity contribution in [2.24, 2.45) is 0 Å². The molecular weight excluding hydrogens is 242 g/mol. The molecule has 19 heavy (non-hydrogen) atoms. The van der Waals surface area contributed by atoms with E-state index in [4.69, 9.17) is 4.74 Å². The van der Waals surface area contributed by atoms with E-state index in [-0.39, 0.29) is 6.10 Å². The van der Waals surface area contributed by atoms with Crippen molar-refractivity contribution in [3.63, 3.8) is 0 Å². The van der Waals surface area contributed by atoms with Crippen LogP contribution in [0.2, 0.25) is 0 Å². The Morgan fingerprint density at radius 3 is 2.63 bits per heavy atom. The Labute approximate surface area is 112 Å². The fourth-order valence-corrected chi connectivity index (χ4v) is 1.77. The largest absolute Gasteiger partial charge is 0.451 e. The van der Waals surface area contributed by atoms with E-state index >= 15 is 0 Å². The van der Waals surface area contributed by atoms with Crippen molar-refractivity contribution in [1.29, 1.82) is 0 Å². The number of hydrogen-bond acceptors (Lipinski definition) is 4. The van der Waals surface area contributed by atoms with Gasteiger partial charge in [0, 0.05) is 12.7 Å². The number of carbonyl (C=O) groups excluding carboxylic acids is 1. The van der Waals surface area contributed by atoms with Gasteiger partial charge in [-0.25, -0.2) is 4.79 Å². The number of aromatic nitrogens is 2. The minimum atomic E-state index is -0.395. The van der Waals surface area contributed by atoms with Crippen LogP contribution in [-0.4, -0.2) is 41.7 Å². The number of carbonyl (C=O) groups is 1. The third-order valence-corrected chi connectivity index (χ3v) is 2.67. The quantitative estimate of drug-likeness (QED) is 0.833. The lowest BCUT2D eigenvalue weighted by Crippen LogP contribution is -2.24. The van der Waals surface area contributed by atoms with E-state index in [1.807, 2.05) is 49.3 Å². The van der Waals surface area contributed by atoms with Crippen molar-refractivity contribution in [3.8, 4) is 0 Å². The maximum atomic E-state index is 12.0. The summed E-state index contributed by atoms with van der Waals surface area (Å²) in [5.41, 5.74) is 1.34. The Morgan fingerprint density at radius 1 is 1.32 bits per heavy atom. The minimum absolute atomic E-state index is 0.299. The van der Waals surface area contributed by atoms with Gasteiger partial charge in [-0.1, -0.05) is 30.3 Å². The van der Waals surface area contributed by atoms with Gasteiger partial charge in [-0.15, -0.1) is 0 Å². The molecule has 0 saturated carbocycles. The molecule has 1 heterocycles. The number of nitrogens with one attached hydrogen (secondary N) is 1. The third kappa shape index (κ3) is 3.66. The summed E-state index contributed by atoms with van der Waals surface area (Å²) in [5.74, 6) is -0.395. The van der Waals surface area contributed by atoms with Crippen LogP contribution in [0.25, 0.3) is 0 Å². The van der Waals surface area contributed by atoms with E-state index in [0.717, 1.165) is 5.56 Å². The number of hydrogen-bond donors (Lipinski definition) is 1. The summed E-state index contributed by atoms with van der Waals surface area (Å²) in [5, 5.41) is 6.36. The first kappa shape index (κ1) is 13.3. The van der Waals surface area contributed by atoms with Gasteiger partial charge in [0.1, 0.15) is 11.8 Å². The van der Waals surface area contributed by atoms with E-state index in [1.165, 1.54) is 6.20 Å². The fourth-order valence-electron chi connectivity index (χ4n) is 1.77. The predicted molar refractivity (Wildman–Crippen MR) is 71.7 cm³/mol. The zero-order valence-corrected chi connectivity index (χ0v) is 11.0. The summed E-state index contributed by atoms with van der Waals surface area (Å²) in [6, 6.07) is 11.3. The maximum Gasteiger partial charge on any atom is 0.356 e. The maximum absolute atomic E-state index is 12.0. The lowest BCUT2D eigenvalue weighted by Gasteiger charge is -2.21. The van der Waals surface area contributed by atoms with Crippen LogP contribution in [-0.2, 0) is 4.74 Å². The molecule has 0 aliphatic rings. The number of aromatic amines is 1. The molecule has 0 aliphatic carbocycles. The first-order valence-corrected chi connectivity index (χ1v) is 6.07. The second kappa shape index (κ2) is 6.15. The molecular formula is C14H17N3O2. The number of nitrogens with zero attached hydrogens (tertiary/aromatic N) is 2. The zero-order chi connectivity index (χ0) is 13.7. The highest BCUT2D eigenvalue weighted by atomic mass is 16.5. The van der Waals surface area contributed by atoms with Gasteiger partial charge in [-0.2, -0.15) is 5.10 Å². The SMILES string of the molecule is CN(C)C[C@@H](OC(=O)c1ccn[nH]1)c1ccccc1. The average Bonchev–Trinajstić information content (AvgIpc) is 2.92. The molecule has 2 aromatic rings. The van der Waals surface area contributed by atoms with Gasteiger partial charge < -0.3 is 9.64 Å². The molecule has 1 aromatic heterocycles. The molecule has 0 aliphatic heterocycles. The van der Waals surface area contributed by atoms with Crippen LogP contribution in [0.4, 0.5) is 0 Å². The third-order valence-electron chi connectivity index (χ3n) is 2.67. The van der Waals surface area contributed by atoms with Crippen LogP contribution in [0.5, 0.6) is 0 Å². The second-order valence-corrected chi connectivity index (χ2v) is 4.54. The smallest absolute Gasteiger partial charge is 0.356 e. The summed E-state index contributed by atoms with van der Waals surface area (Å²) in [6.45, 7) is 0.629. The standard InChI is InChI=1S/C14H17N3O2/c1-17(2)10-13(11-6-4-3-5-7-11)19-14(18)12-8-9-15-16-12/h3-9,13H,10H2,1-2H3,(H,15,16)/t13-/m1/s1. The second-order valence-electron chi connectivity index (χ2n) is 4.54. The molecule has 1 N–H and O–H groups in total. The summed E-state index contributed by atoms with van der Waals surface area (Å²) >= 11 is 0. The van der Waals surface area contributed by atoms with Crippen molar-refractivity contribution < 1.29 is 9.53 Å². The lowest BCUT2D eigenvalue weighted by molar-refractivity contribution is 0.0229. The van der Waals surface area contributed by atoms with E-state index in [2.05, 4.69) is 10.2 Å². The highest BCUT2D eigenvalue weighted by Gasteiger charge is 2.19. The fraction of sp³-hybridized carbons (Fsp3) is 0.286. The van der Waals surface area contributed by atoms with E-state index in [1.54, 1.807) is 6.07 Å². The molecule has 0 saturated heterocycles. The Hall–Kier alpha value is -2.14. The molecule has 0 spiro atoms. The van der Waals surface area contributed by atoms with Crippen molar-refractivity contribution in [1.82, 2.24) is 15.1 Å². The number of benzene rings is 1. The van der Waals surface area contributed by atoms with Gasteiger partial charge in [0.2, 0.25) is 0 Å². The summed E-state index contributed by atoms with van der Waals surface area (Å²) < 4.78 is 5.54. The molecule has 0 bridgehead atoms. The van der Waals surface area contributed by atoms with Crippen LogP contribution in [0.15, 0.2) is 42.6 Å². The monoisotopic (exact) mass is 259 g/mol. The number of ether oxygens (including phenoxy) is 1. The molecule has 0 amide bonds. The molecule has 5 heteroatoms. The first-order valence-electron chi connectivity index (χ1n) is 6.07. The highest BCUT2D eigenvalue weighted by Crippen LogP contribution is 2.19. The van der Waals surface area contributed by atoms with Crippen LogP contribution < -0.4 is 0 Å². The molecule has 0 radical (unpaired) electrons. The Bertz CT molecular complexity index is 509. The molecule has 1 atom stereocenters. The lowest BCUT2D eigenvalue weighted by atomic mass is 10.1. The van der Waals surface area contributed by atoms with Crippen LogP contribution in [0.3, 0.4) is 0 Å². The Morgan fingerprint density at radius 2 is 2.05 bits per heavy atom. The molecule has 2 rings (SSSR count). The van der Waals surface area contributed by atoms with Crippen molar-refractivity contribution in [2.45, 2.75) is 6.10 Å². The van der Waals surface area contributed by atoms with Gasteiger partial charge in [-0.3, -0.25) is 5.10 Å². The van der Waals surface area contributed by atoms with E-state index < -0.39 is 5.97 Å². The van der Waals surface area contributed by atoms with Gasteiger partial charge >= 0.3 is 5.97 Å². The van der Waals surface area contributed by atoms with Crippen LogP contribution >= 0.6 is 0 Å². The molecule has 100 valence electrons. The van der Waals surface area contributed by atoms with Crippen molar-refractivity contribution in [2.75, 3.05) is 20.6 Å². The summed E-state index contributed by atoms with van der Waals surface area (Å²) in [7, 11) is 3.89. The Kier molecular flexibility index (Phi) is 4.30. The normalized spacial score (nSPS) is 12.4. The summed E-state index contributed by atoms with van der Waals surface area (Å²) in [4.78, 5) is 13.9. The molecule has 0 fully saturated rings. The van der Waals surface area contributed by atoms with E-state index in [9.17, 15) is 4.79 Å². The minimum Gasteiger partial charge on any atom is -0.451 e. The predicted octanol–water partition coefficient (Wildman–Crippen LogP) is 1.87. The molecule has 5 nitrogen and oxygen atoms in total. The number of esters is 1. The topological polar surface area (TPSA) is 58.2 Å². The van der Waals surface area contributed by atoms with Gasteiger partial charge in [-0.05, 0) is 25.7 Å². The number of likely N-dealkylation sites (N-methyl/N-ethyl adjacent to an activating group) is 1. The number of rotatable bonds is 5.